The Labute approximate surface area is 204 Å². The van der Waals surface area contributed by atoms with Crippen molar-refractivity contribution < 1.29 is 13.4 Å². The highest BCUT2D eigenvalue weighted by Crippen LogP contribution is 2.24. The fraction of sp³-hybridized carbons (Fsp3) is 0.364. The Kier molecular flexibility index (Phi) is 6.45. The van der Waals surface area contributed by atoms with Crippen LogP contribution in [0.5, 0.6) is 0 Å². The van der Waals surface area contributed by atoms with E-state index in [-0.39, 0.29) is 11.8 Å². The predicted octanol–water partition coefficient (Wildman–Crippen LogP) is 1.50. The Bertz CT molecular complexity index is 1310. The molecular formula is C22H26FN9O2S. The van der Waals surface area contributed by atoms with Gasteiger partial charge in [0.05, 0.1) is 12.0 Å². The van der Waals surface area contributed by atoms with Gasteiger partial charge in [-0.3, -0.25) is 4.90 Å². The van der Waals surface area contributed by atoms with E-state index < -0.39 is 11.2 Å². The maximum Gasteiger partial charge on any atom is 0.259 e. The first-order chi connectivity index (χ1) is 16.9. The van der Waals surface area contributed by atoms with Crippen LogP contribution in [-0.2, 0) is 11.2 Å². The zero-order valence-electron chi connectivity index (χ0n) is 19.5. The molecule has 35 heavy (non-hydrogen) atoms. The number of furan rings is 1. The number of halogens is 1. The van der Waals surface area contributed by atoms with Crippen molar-refractivity contribution in [3.63, 3.8) is 0 Å². The SMILES string of the molecule is CN(CCN1CCN(c2ccc([S+](C)[O-])cc2F)CC1)c1nc(N)n2nc(-c3ccco3)nc2n1. The highest BCUT2D eigenvalue weighted by atomic mass is 32.2. The van der Waals surface area contributed by atoms with E-state index in [0.29, 0.717) is 53.5 Å². The summed E-state index contributed by atoms with van der Waals surface area (Å²) in [5, 5.41) is 4.31. The number of piperazine rings is 1. The van der Waals surface area contributed by atoms with Gasteiger partial charge in [0, 0.05) is 52.4 Å². The van der Waals surface area contributed by atoms with Gasteiger partial charge in [0.25, 0.3) is 5.78 Å². The average molecular weight is 500 g/mol. The lowest BCUT2D eigenvalue weighted by atomic mass is 10.2. The number of nitrogens with zero attached hydrogens (tertiary/aromatic N) is 8. The summed E-state index contributed by atoms with van der Waals surface area (Å²) >= 11 is -1.20. The Morgan fingerprint density at radius 2 is 1.97 bits per heavy atom. The third kappa shape index (κ3) is 4.88. The van der Waals surface area contributed by atoms with Gasteiger partial charge >= 0.3 is 0 Å². The van der Waals surface area contributed by atoms with E-state index in [9.17, 15) is 8.94 Å². The quantitative estimate of drug-likeness (QED) is 0.374. The molecule has 0 amide bonds. The molecule has 2 N–H and O–H groups in total. The third-order valence-corrected chi connectivity index (χ3v) is 6.94. The molecule has 1 aromatic carbocycles. The Morgan fingerprint density at radius 1 is 1.17 bits per heavy atom. The minimum atomic E-state index is -1.20. The van der Waals surface area contributed by atoms with Crippen LogP contribution >= 0.6 is 0 Å². The van der Waals surface area contributed by atoms with Gasteiger partial charge in [0.1, 0.15) is 6.26 Å². The molecule has 1 aliphatic rings. The van der Waals surface area contributed by atoms with E-state index in [4.69, 9.17) is 10.2 Å². The lowest BCUT2D eigenvalue weighted by molar-refractivity contribution is 0.262. The van der Waals surface area contributed by atoms with Gasteiger partial charge in [-0.15, -0.1) is 5.10 Å². The smallest absolute Gasteiger partial charge is 0.259 e. The summed E-state index contributed by atoms with van der Waals surface area (Å²) < 4.78 is 32.8. The van der Waals surface area contributed by atoms with E-state index >= 15 is 0 Å². The maximum absolute atomic E-state index is 14.5. The van der Waals surface area contributed by atoms with Crippen molar-refractivity contribution >= 4 is 34.5 Å². The Balaban J connectivity index is 1.18. The number of anilines is 3. The summed E-state index contributed by atoms with van der Waals surface area (Å²) in [4.78, 5) is 20.0. The summed E-state index contributed by atoms with van der Waals surface area (Å²) in [6.45, 7) is 4.49. The van der Waals surface area contributed by atoms with Crippen molar-refractivity contribution in [1.29, 1.82) is 0 Å². The molecule has 11 nitrogen and oxygen atoms in total. The van der Waals surface area contributed by atoms with Crippen LogP contribution in [0.1, 0.15) is 0 Å². The van der Waals surface area contributed by atoms with E-state index in [2.05, 4.69) is 25.0 Å². The van der Waals surface area contributed by atoms with E-state index in [1.807, 2.05) is 16.8 Å². The topological polar surface area (TPSA) is 128 Å². The minimum absolute atomic E-state index is 0.190. The molecule has 1 atom stereocenters. The molecule has 1 aliphatic heterocycles. The summed E-state index contributed by atoms with van der Waals surface area (Å²) in [7, 11) is 1.90. The van der Waals surface area contributed by atoms with E-state index in [0.717, 1.165) is 19.6 Å². The third-order valence-electron chi connectivity index (χ3n) is 6.02. The van der Waals surface area contributed by atoms with Crippen LogP contribution in [0.15, 0.2) is 45.9 Å². The Morgan fingerprint density at radius 3 is 2.66 bits per heavy atom. The molecule has 0 saturated carbocycles. The van der Waals surface area contributed by atoms with Crippen LogP contribution in [0.4, 0.5) is 22.0 Å². The van der Waals surface area contributed by atoms with E-state index in [1.165, 1.54) is 10.6 Å². The fourth-order valence-corrected chi connectivity index (χ4v) is 4.53. The lowest BCUT2D eigenvalue weighted by Gasteiger charge is -2.36. The van der Waals surface area contributed by atoms with Gasteiger partial charge in [-0.05, 0) is 35.4 Å². The zero-order chi connectivity index (χ0) is 24.5. The van der Waals surface area contributed by atoms with Crippen molar-refractivity contribution in [2.45, 2.75) is 4.90 Å². The van der Waals surface area contributed by atoms with E-state index in [1.54, 1.807) is 36.8 Å². The molecule has 13 heteroatoms. The van der Waals surface area contributed by atoms with Crippen molar-refractivity contribution in [3.05, 3.63) is 42.4 Å². The second-order valence-corrected chi connectivity index (χ2v) is 9.70. The second kappa shape index (κ2) is 9.68. The number of hydrogen-bond acceptors (Lipinski definition) is 10. The van der Waals surface area contributed by atoms with Crippen LogP contribution in [0, 0.1) is 5.82 Å². The van der Waals surface area contributed by atoms with Gasteiger partial charge in [0.15, 0.2) is 16.5 Å². The van der Waals surface area contributed by atoms with Gasteiger partial charge < -0.3 is 24.5 Å². The van der Waals surface area contributed by atoms with Gasteiger partial charge in [0.2, 0.25) is 17.7 Å². The highest BCUT2D eigenvalue weighted by Gasteiger charge is 2.22. The molecule has 0 spiro atoms. The normalized spacial score (nSPS) is 15.6. The minimum Gasteiger partial charge on any atom is -0.612 e. The average Bonchev–Trinajstić information content (AvgIpc) is 3.53. The van der Waals surface area contributed by atoms with Crippen LogP contribution in [-0.4, -0.2) is 86.6 Å². The van der Waals surface area contributed by atoms with Crippen LogP contribution < -0.4 is 15.5 Å². The monoisotopic (exact) mass is 499 g/mol. The lowest BCUT2D eigenvalue weighted by Crippen LogP contribution is -2.48. The first-order valence-corrected chi connectivity index (χ1v) is 12.7. The Hall–Kier alpha value is -3.42. The zero-order valence-corrected chi connectivity index (χ0v) is 20.3. The second-order valence-electron chi connectivity index (χ2n) is 8.32. The molecule has 4 aromatic rings. The molecule has 0 bridgehead atoms. The summed E-state index contributed by atoms with van der Waals surface area (Å²) in [5.74, 6) is 1.58. The first-order valence-electron chi connectivity index (χ1n) is 11.1. The number of nitrogen functional groups attached to an aromatic ring is 1. The number of fused-ring (bicyclic) bond motifs is 1. The van der Waals surface area contributed by atoms with Crippen LogP contribution in [0.2, 0.25) is 0 Å². The molecule has 4 heterocycles. The molecule has 5 rings (SSSR count). The van der Waals surface area contributed by atoms with Gasteiger partial charge in [-0.25, -0.2) is 4.39 Å². The molecule has 0 aliphatic carbocycles. The fourth-order valence-electron chi connectivity index (χ4n) is 4.00. The molecule has 1 fully saturated rings. The van der Waals surface area contributed by atoms with Crippen LogP contribution in [0.3, 0.4) is 0 Å². The maximum atomic E-state index is 14.5. The molecule has 184 valence electrons. The number of benzene rings is 1. The van der Waals surface area contributed by atoms with Gasteiger partial charge in [-0.2, -0.15) is 19.5 Å². The summed E-state index contributed by atoms with van der Waals surface area (Å²) in [6, 6.07) is 8.33. The highest BCUT2D eigenvalue weighted by molar-refractivity contribution is 7.90. The first kappa shape index (κ1) is 23.3. The number of aromatic nitrogens is 5. The van der Waals surface area contributed by atoms with Crippen molar-refractivity contribution in [1.82, 2.24) is 29.5 Å². The number of hydrogen-bond donors (Lipinski definition) is 1. The molecular weight excluding hydrogens is 473 g/mol. The summed E-state index contributed by atoms with van der Waals surface area (Å²) in [6.07, 6.45) is 3.10. The number of rotatable bonds is 7. The number of nitrogens with two attached hydrogens (primary N) is 1. The summed E-state index contributed by atoms with van der Waals surface area (Å²) in [5.41, 5.74) is 6.65. The van der Waals surface area contributed by atoms with Crippen molar-refractivity contribution in [3.8, 4) is 11.6 Å². The van der Waals surface area contributed by atoms with Crippen molar-refractivity contribution in [2.75, 3.05) is 68.1 Å². The standard InChI is InChI=1S/C22H26FN9O2S/c1-29(21-26-20(24)32-22(27-21)25-19(28-32)18-4-3-13-34-18)7-8-30-9-11-31(12-10-30)17-6-5-15(35(2)33)14-16(17)23/h3-6,13-14H,7-12H2,1-2H3,(H2,24,25,26,27,28). The van der Waals surface area contributed by atoms with Crippen molar-refractivity contribution in [2.24, 2.45) is 0 Å². The molecule has 3 aromatic heterocycles. The molecule has 1 unspecified atom stereocenters. The molecule has 0 radical (unpaired) electrons. The largest absolute Gasteiger partial charge is 0.612 e. The predicted molar refractivity (Wildman–Crippen MR) is 131 cm³/mol. The van der Waals surface area contributed by atoms with Gasteiger partial charge in [-0.1, -0.05) is 0 Å². The number of likely N-dealkylation sites (N-methyl/N-ethyl adjacent to an activating group) is 1. The van der Waals surface area contributed by atoms with Crippen LogP contribution in [0.25, 0.3) is 17.4 Å². The molecule has 1 saturated heterocycles.